The van der Waals surface area contributed by atoms with Crippen LogP contribution in [0.5, 0.6) is 0 Å². The first-order valence-corrected chi connectivity index (χ1v) is 8.95. The number of sulfonamides is 1. The summed E-state index contributed by atoms with van der Waals surface area (Å²) in [4.78, 5) is 0.290. The van der Waals surface area contributed by atoms with E-state index >= 15 is 0 Å². The molecule has 0 bridgehead atoms. The minimum Gasteiger partial charge on any atom is -0.396 e. The van der Waals surface area contributed by atoms with Gasteiger partial charge in [0.15, 0.2) is 0 Å². The van der Waals surface area contributed by atoms with Gasteiger partial charge in [0.1, 0.15) is 4.90 Å². The average Bonchev–Trinajstić information content (AvgIpc) is 3.24. The van der Waals surface area contributed by atoms with Crippen molar-refractivity contribution in [3.05, 3.63) is 24.3 Å². The van der Waals surface area contributed by atoms with Crippen molar-refractivity contribution in [2.24, 2.45) is 5.41 Å². The Bertz CT molecular complexity index is 568. The van der Waals surface area contributed by atoms with E-state index in [1.807, 2.05) is 13.0 Å². The zero-order valence-corrected chi connectivity index (χ0v) is 13.2. The van der Waals surface area contributed by atoms with E-state index in [1.54, 1.807) is 18.2 Å². The lowest BCUT2D eigenvalue weighted by Crippen LogP contribution is -2.26. The van der Waals surface area contributed by atoms with Crippen LogP contribution >= 0.6 is 0 Å². The molecular formula is C15H24N2O3S. The van der Waals surface area contributed by atoms with Gasteiger partial charge < -0.3 is 10.4 Å². The van der Waals surface area contributed by atoms with Gasteiger partial charge in [-0.3, -0.25) is 0 Å². The predicted octanol–water partition coefficient (Wildman–Crippen LogP) is 1.95. The highest BCUT2D eigenvalue weighted by molar-refractivity contribution is 7.89. The molecule has 5 nitrogen and oxygen atoms in total. The second-order valence-electron chi connectivity index (χ2n) is 5.72. The molecule has 0 aliphatic heterocycles. The van der Waals surface area contributed by atoms with Crippen LogP contribution in [0, 0.1) is 5.41 Å². The van der Waals surface area contributed by atoms with E-state index in [1.165, 1.54) is 0 Å². The Morgan fingerprint density at radius 3 is 2.62 bits per heavy atom. The van der Waals surface area contributed by atoms with Crippen LogP contribution < -0.4 is 10.0 Å². The first kappa shape index (κ1) is 16.3. The van der Waals surface area contributed by atoms with Crippen molar-refractivity contribution in [3.63, 3.8) is 0 Å². The van der Waals surface area contributed by atoms with E-state index in [-0.39, 0.29) is 12.0 Å². The fourth-order valence-electron chi connectivity index (χ4n) is 2.37. The second-order valence-corrected chi connectivity index (χ2v) is 7.46. The number of para-hydroxylation sites is 1. The third-order valence-corrected chi connectivity index (χ3v) is 5.49. The summed E-state index contributed by atoms with van der Waals surface area (Å²) < 4.78 is 27.2. The molecule has 1 aliphatic carbocycles. The van der Waals surface area contributed by atoms with Crippen molar-refractivity contribution >= 4 is 15.7 Å². The van der Waals surface area contributed by atoms with Crippen LogP contribution in [0.2, 0.25) is 0 Å². The molecule has 0 aromatic heterocycles. The fraction of sp³-hybridized carbons (Fsp3) is 0.600. The molecular weight excluding hydrogens is 288 g/mol. The lowest BCUT2D eigenvalue weighted by Gasteiger charge is -2.18. The number of anilines is 1. The minimum absolute atomic E-state index is 0.141. The molecule has 0 saturated heterocycles. The average molecular weight is 312 g/mol. The smallest absolute Gasteiger partial charge is 0.242 e. The van der Waals surface area contributed by atoms with Crippen molar-refractivity contribution in [3.8, 4) is 0 Å². The molecule has 0 amide bonds. The molecule has 6 heteroatoms. The summed E-state index contributed by atoms with van der Waals surface area (Å²) in [5.74, 6) is 0. The third kappa shape index (κ3) is 4.18. The topological polar surface area (TPSA) is 78.4 Å². The Morgan fingerprint density at radius 1 is 1.29 bits per heavy atom. The normalized spacial score (nSPS) is 16.7. The van der Waals surface area contributed by atoms with Crippen LogP contribution in [0.3, 0.4) is 0 Å². The highest BCUT2D eigenvalue weighted by atomic mass is 32.2. The van der Waals surface area contributed by atoms with Gasteiger partial charge in [-0.05, 0) is 43.2 Å². The van der Waals surface area contributed by atoms with Gasteiger partial charge in [0.2, 0.25) is 10.0 Å². The van der Waals surface area contributed by atoms with Crippen LogP contribution in [0.1, 0.15) is 32.6 Å². The van der Waals surface area contributed by atoms with Crippen molar-refractivity contribution in [1.82, 2.24) is 4.72 Å². The molecule has 0 unspecified atom stereocenters. The molecule has 0 heterocycles. The Morgan fingerprint density at radius 2 is 2.00 bits per heavy atom. The van der Waals surface area contributed by atoms with Crippen molar-refractivity contribution < 1.29 is 13.5 Å². The fourth-order valence-corrected chi connectivity index (χ4v) is 3.69. The third-order valence-electron chi connectivity index (χ3n) is 3.97. The molecule has 1 aromatic rings. The van der Waals surface area contributed by atoms with Gasteiger partial charge in [-0.1, -0.05) is 19.1 Å². The van der Waals surface area contributed by atoms with Gasteiger partial charge in [-0.2, -0.15) is 0 Å². The van der Waals surface area contributed by atoms with Gasteiger partial charge in [0.25, 0.3) is 0 Å². The largest absolute Gasteiger partial charge is 0.396 e. The maximum absolute atomic E-state index is 12.3. The second kappa shape index (κ2) is 6.77. The van der Waals surface area contributed by atoms with Crippen molar-refractivity contribution in [1.29, 1.82) is 0 Å². The number of nitrogens with one attached hydrogen (secondary N) is 2. The molecule has 3 N–H and O–H groups in total. The van der Waals surface area contributed by atoms with Crippen LogP contribution in [0.25, 0.3) is 0 Å². The van der Waals surface area contributed by atoms with Crippen LogP contribution in [0.4, 0.5) is 5.69 Å². The molecule has 1 aliphatic rings. The van der Waals surface area contributed by atoms with Gasteiger partial charge in [0.05, 0.1) is 5.69 Å². The summed E-state index contributed by atoms with van der Waals surface area (Å²) >= 11 is 0. The van der Waals surface area contributed by atoms with Crippen LogP contribution in [-0.4, -0.2) is 33.2 Å². The standard InChI is InChI=1S/C15H24N2O3S/c1-2-10-17-21(19,20)14-6-4-3-5-13(14)16-12-15(7-8-15)9-11-18/h3-6,16-18H,2,7-12H2,1H3. The highest BCUT2D eigenvalue weighted by Gasteiger charge is 2.41. The van der Waals surface area contributed by atoms with Gasteiger partial charge >= 0.3 is 0 Å². The summed E-state index contributed by atoms with van der Waals surface area (Å²) in [6.07, 6.45) is 3.70. The maximum Gasteiger partial charge on any atom is 0.242 e. The van der Waals surface area contributed by atoms with E-state index in [0.717, 1.165) is 25.7 Å². The summed E-state index contributed by atoms with van der Waals surface area (Å²) in [5.41, 5.74) is 0.771. The van der Waals surface area contributed by atoms with Gasteiger partial charge in [-0.25, -0.2) is 13.1 Å². The number of aliphatic hydroxyl groups is 1. The highest BCUT2D eigenvalue weighted by Crippen LogP contribution is 2.48. The molecule has 0 atom stereocenters. The number of rotatable bonds is 9. The number of aliphatic hydroxyl groups excluding tert-OH is 1. The summed E-state index contributed by atoms with van der Waals surface area (Å²) in [7, 11) is -3.47. The van der Waals surface area contributed by atoms with E-state index in [0.29, 0.717) is 23.7 Å². The van der Waals surface area contributed by atoms with Crippen LogP contribution in [-0.2, 0) is 10.0 Å². The van der Waals surface area contributed by atoms with Gasteiger partial charge in [0, 0.05) is 19.7 Å². The SMILES string of the molecule is CCCNS(=O)(=O)c1ccccc1NCC1(CCO)CC1. The quantitative estimate of drug-likeness (QED) is 0.651. The minimum atomic E-state index is -3.47. The Hall–Kier alpha value is -1.11. The number of benzene rings is 1. The van der Waals surface area contributed by atoms with Crippen molar-refractivity contribution in [2.75, 3.05) is 25.0 Å². The molecule has 21 heavy (non-hydrogen) atoms. The molecule has 2 rings (SSSR count). The van der Waals surface area contributed by atoms with Crippen molar-refractivity contribution in [2.45, 2.75) is 37.5 Å². The van der Waals surface area contributed by atoms with E-state index in [2.05, 4.69) is 10.0 Å². The predicted molar refractivity (Wildman–Crippen MR) is 83.8 cm³/mol. The molecule has 0 spiro atoms. The number of hydrogen-bond donors (Lipinski definition) is 3. The first-order chi connectivity index (χ1) is 10.0. The zero-order valence-electron chi connectivity index (χ0n) is 12.4. The molecule has 1 fully saturated rings. The maximum atomic E-state index is 12.3. The Kier molecular flexibility index (Phi) is 5.24. The summed E-state index contributed by atoms with van der Waals surface area (Å²) in [6, 6.07) is 6.96. The van der Waals surface area contributed by atoms with E-state index in [9.17, 15) is 8.42 Å². The number of hydrogen-bond acceptors (Lipinski definition) is 4. The monoisotopic (exact) mass is 312 g/mol. The molecule has 1 saturated carbocycles. The Balaban J connectivity index is 2.10. The molecule has 118 valence electrons. The lowest BCUT2D eigenvalue weighted by molar-refractivity contribution is 0.253. The first-order valence-electron chi connectivity index (χ1n) is 7.46. The Labute approximate surface area is 126 Å². The summed E-state index contributed by atoms with van der Waals surface area (Å²) in [5, 5.41) is 12.3. The van der Waals surface area contributed by atoms with Crippen LogP contribution in [0.15, 0.2) is 29.2 Å². The van der Waals surface area contributed by atoms with E-state index < -0.39 is 10.0 Å². The molecule has 0 radical (unpaired) electrons. The lowest BCUT2D eigenvalue weighted by atomic mass is 10.0. The zero-order chi connectivity index (χ0) is 15.3. The van der Waals surface area contributed by atoms with E-state index in [4.69, 9.17) is 5.11 Å². The summed E-state index contributed by atoms with van der Waals surface area (Å²) in [6.45, 7) is 3.25. The molecule has 1 aromatic carbocycles. The van der Waals surface area contributed by atoms with Gasteiger partial charge in [-0.15, -0.1) is 0 Å².